The van der Waals surface area contributed by atoms with Crippen molar-refractivity contribution in [3.8, 4) is 0 Å². The van der Waals surface area contributed by atoms with Crippen molar-refractivity contribution in [2.45, 2.75) is 59.2 Å². The average molecular weight is 500 g/mol. The Morgan fingerprint density at radius 2 is 0.300 bits per heavy atom. The molecule has 1 rings (SSSR count). The maximum atomic E-state index is 14.2. The van der Waals surface area contributed by atoms with Gasteiger partial charge in [0.05, 0.1) is 0 Å². The summed E-state index contributed by atoms with van der Waals surface area (Å²) in [7, 11) is 0. The van der Waals surface area contributed by atoms with E-state index < -0.39 is 59.2 Å². The molecule has 0 N–H and O–H groups in total. The second-order valence-corrected chi connectivity index (χ2v) is 5.78. The molecular weight excluding hydrogens is 500 g/mol. The van der Waals surface area contributed by atoms with Crippen molar-refractivity contribution in [2.24, 2.45) is 0 Å². The van der Waals surface area contributed by atoms with Crippen LogP contribution < -0.4 is 0 Å². The van der Waals surface area contributed by atoms with E-state index >= 15 is 0 Å². The van der Waals surface area contributed by atoms with Crippen LogP contribution in [0.3, 0.4) is 0 Å². The van der Waals surface area contributed by atoms with E-state index in [1.165, 1.54) is 0 Å². The molecule has 0 nitrogen and oxygen atoms in total. The van der Waals surface area contributed by atoms with Gasteiger partial charge in [-0.15, -0.1) is 0 Å². The van der Waals surface area contributed by atoms with Gasteiger partial charge in [0, 0.05) is 0 Å². The molecule has 20 heteroatoms. The minimum Gasteiger partial charge on any atom is -0.225 e. The number of alkyl halides is 20. The summed E-state index contributed by atoms with van der Waals surface area (Å²) in [4.78, 5) is 0. The van der Waals surface area contributed by atoms with Gasteiger partial charge in [-0.2, -0.15) is 65.9 Å². The molecule has 0 saturated heterocycles. The third-order valence-corrected chi connectivity index (χ3v) is 4.33. The van der Waals surface area contributed by atoms with Gasteiger partial charge in [-0.05, 0) is 0 Å². The quantitative estimate of drug-likeness (QED) is 0.340. The first-order chi connectivity index (χ1) is 12.5. The standard InChI is InChI=1S/C10F20/c11-1(6(16,17)18)2(12,7(19,20)21)4(14,9(25,26)27)5(15,10(28,29)30)3(1,13)8(22,23)24. The molecule has 180 valence electrons. The molecule has 0 heterocycles. The van der Waals surface area contributed by atoms with Crippen molar-refractivity contribution >= 4 is 0 Å². The van der Waals surface area contributed by atoms with Gasteiger partial charge >= 0.3 is 30.9 Å². The molecule has 0 bridgehead atoms. The first-order valence-electron chi connectivity index (χ1n) is 6.28. The molecule has 0 aliphatic heterocycles. The largest absolute Gasteiger partial charge is 0.430 e. The predicted octanol–water partition coefficient (Wildman–Crippen LogP) is 6.35. The van der Waals surface area contributed by atoms with Crippen LogP contribution in [0.5, 0.6) is 0 Å². The molecule has 1 fully saturated rings. The van der Waals surface area contributed by atoms with Gasteiger partial charge < -0.3 is 0 Å². The van der Waals surface area contributed by atoms with E-state index in [4.69, 9.17) is 0 Å². The molecule has 0 amide bonds. The Morgan fingerprint density at radius 3 is 0.333 bits per heavy atom. The molecule has 1 aliphatic carbocycles. The monoisotopic (exact) mass is 500 g/mol. The van der Waals surface area contributed by atoms with Crippen LogP contribution in [0.2, 0.25) is 0 Å². The van der Waals surface area contributed by atoms with Crippen LogP contribution >= 0.6 is 0 Å². The number of hydrogen-bond acceptors (Lipinski definition) is 0. The summed E-state index contributed by atoms with van der Waals surface area (Å²) in [5.74, 6) is 0. The zero-order valence-electron chi connectivity index (χ0n) is 12.6. The lowest BCUT2D eigenvalue weighted by Crippen LogP contribution is -2.76. The van der Waals surface area contributed by atoms with Gasteiger partial charge in [-0.1, -0.05) is 0 Å². The van der Waals surface area contributed by atoms with Crippen LogP contribution in [-0.4, -0.2) is 59.2 Å². The fourth-order valence-corrected chi connectivity index (χ4v) is 3.14. The van der Waals surface area contributed by atoms with Gasteiger partial charge in [-0.3, -0.25) is 0 Å². The van der Waals surface area contributed by atoms with Gasteiger partial charge in [0.25, 0.3) is 28.3 Å². The molecule has 1 saturated carbocycles. The van der Waals surface area contributed by atoms with Crippen LogP contribution in [0, 0.1) is 0 Å². The predicted molar refractivity (Wildman–Crippen MR) is 49.5 cm³/mol. The van der Waals surface area contributed by atoms with Crippen LogP contribution in [0.15, 0.2) is 0 Å². The highest BCUT2D eigenvalue weighted by atomic mass is 19.4. The SMILES string of the molecule is FC(F)(F)C1(F)C(F)(C(F)(F)F)C(F)(C(F)(F)F)C(F)(C(F)(F)F)C1(F)C(F)(F)F. The molecule has 0 aromatic carbocycles. The summed E-state index contributed by atoms with van der Waals surface area (Å²) >= 11 is 0. The summed E-state index contributed by atoms with van der Waals surface area (Å²) in [5, 5.41) is 0. The Balaban J connectivity index is 4.72. The highest BCUT2D eigenvalue weighted by Crippen LogP contribution is 2.81. The highest BCUT2D eigenvalue weighted by Gasteiger charge is 3.16. The number of hydrogen-bond donors (Lipinski definition) is 0. The van der Waals surface area contributed by atoms with Crippen LogP contribution in [0.1, 0.15) is 0 Å². The Hall–Kier alpha value is -1.40. The van der Waals surface area contributed by atoms with E-state index in [0.29, 0.717) is 0 Å². The summed E-state index contributed by atoms with van der Waals surface area (Å²) in [6.45, 7) is 0. The van der Waals surface area contributed by atoms with E-state index in [0.717, 1.165) is 0 Å². The van der Waals surface area contributed by atoms with Crippen LogP contribution in [0.4, 0.5) is 87.8 Å². The third kappa shape index (κ3) is 2.22. The van der Waals surface area contributed by atoms with Crippen LogP contribution in [0.25, 0.3) is 0 Å². The Labute approximate surface area is 148 Å². The maximum absolute atomic E-state index is 14.2. The third-order valence-electron chi connectivity index (χ3n) is 4.33. The smallest absolute Gasteiger partial charge is 0.225 e. The minimum absolute atomic E-state index is 8.69. The molecule has 0 unspecified atom stereocenters. The molecule has 0 radical (unpaired) electrons. The minimum atomic E-state index is -9.18. The zero-order chi connectivity index (χ0) is 25.0. The van der Waals surface area contributed by atoms with Crippen molar-refractivity contribution in [3.05, 3.63) is 0 Å². The normalized spacial score (nSPS) is 42.0. The highest BCUT2D eigenvalue weighted by molar-refractivity contribution is 5.47. The van der Waals surface area contributed by atoms with Crippen molar-refractivity contribution in [1.29, 1.82) is 0 Å². The molecule has 0 aromatic rings. The second kappa shape index (κ2) is 5.69. The van der Waals surface area contributed by atoms with Gasteiger partial charge in [-0.25, -0.2) is 22.0 Å². The molecule has 0 atom stereocenters. The summed E-state index contributed by atoms with van der Waals surface area (Å²) in [5.41, 5.74) is -45.9. The average Bonchev–Trinajstić information content (AvgIpc) is 2.54. The van der Waals surface area contributed by atoms with Crippen molar-refractivity contribution in [1.82, 2.24) is 0 Å². The molecule has 0 spiro atoms. The first-order valence-corrected chi connectivity index (χ1v) is 6.28. The number of halogens is 20. The first kappa shape index (κ1) is 26.6. The fraction of sp³-hybridized carbons (Fsp3) is 1.00. The lowest BCUT2D eigenvalue weighted by Gasteiger charge is -2.43. The van der Waals surface area contributed by atoms with Crippen LogP contribution in [-0.2, 0) is 0 Å². The van der Waals surface area contributed by atoms with E-state index in [2.05, 4.69) is 0 Å². The van der Waals surface area contributed by atoms with E-state index in [1.54, 1.807) is 0 Å². The van der Waals surface area contributed by atoms with Crippen molar-refractivity contribution < 1.29 is 87.8 Å². The van der Waals surface area contributed by atoms with Crippen molar-refractivity contribution in [3.63, 3.8) is 0 Å². The topological polar surface area (TPSA) is 0 Å². The van der Waals surface area contributed by atoms with E-state index in [9.17, 15) is 87.8 Å². The Bertz CT molecular complexity index is 530. The lowest BCUT2D eigenvalue weighted by molar-refractivity contribution is -0.407. The molecule has 1 aliphatic rings. The Kier molecular flexibility index (Phi) is 5.05. The fourth-order valence-electron chi connectivity index (χ4n) is 3.14. The second-order valence-electron chi connectivity index (χ2n) is 5.78. The lowest BCUT2D eigenvalue weighted by atomic mass is 9.77. The Morgan fingerprint density at radius 1 is 0.233 bits per heavy atom. The van der Waals surface area contributed by atoms with E-state index in [1.807, 2.05) is 0 Å². The number of rotatable bonds is 0. The molecule has 0 aromatic heterocycles. The van der Waals surface area contributed by atoms with Gasteiger partial charge in [0.1, 0.15) is 0 Å². The summed E-state index contributed by atoms with van der Waals surface area (Å²) in [6.07, 6.45) is -43.5. The summed E-state index contributed by atoms with van der Waals surface area (Å²) in [6, 6.07) is 0. The van der Waals surface area contributed by atoms with Gasteiger partial charge in [0.15, 0.2) is 0 Å². The van der Waals surface area contributed by atoms with Gasteiger partial charge in [0.2, 0.25) is 0 Å². The zero-order valence-corrected chi connectivity index (χ0v) is 12.6. The van der Waals surface area contributed by atoms with Crippen molar-refractivity contribution in [2.75, 3.05) is 0 Å². The van der Waals surface area contributed by atoms with E-state index in [-0.39, 0.29) is 0 Å². The maximum Gasteiger partial charge on any atom is 0.430 e. The molecular formula is C10F20. The summed E-state index contributed by atoms with van der Waals surface area (Å²) < 4.78 is 262. The molecule has 30 heavy (non-hydrogen) atoms.